The Balaban J connectivity index is 1.30. The van der Waals surface area contributed by atoms with Gasteiger partial charge in [-0.25, -0.2) is 8.42 Å². The molecule has 1 unspecified atom stereocenters. The van der Waals surface area contributed by atoms with Crippen LogP contribution in [0.25, 0.3) is 6.08 Å². The molecule has 0 N–H and O–H groups in total. The first-order valence-corrected chi connectivity index (χ1v) is 11.7. The van der Waals surface area contributed by atoms with E-state index in [0.29, 0.717) is 31.9 Å². The first kappa shape index (κ1) is 21.3. The highest BCUT2D eigenvalue weighted by Gasteiger charge is 2.38. The monoisotopic (exact) mass is 443 g/mol. The maximum atomic E-state index is 12.9. The molecule has 1 aromatic heterocycles. The Bertz CT molecular complexity index is 1040. The molecule has 0 spiro atoms. The molecule has 164 valence electrons. The number of furan rings is 1. The van der Waals surface area contributed by atoms with Crippen molar-refractivity contribution in [2.75, 3.05) is 32.7 Å². The number of likely N-dealkylation sites (tertiary alicyclic amines) is 1. The van der Waals surface area contributed by atoms with Crippen LogP contribution < -0.4 is 0 Å². The Morgan fingerprint density at radius 2 is 1.81 bits per heavy atom. The summed E-state index contributed by atoms with van der Waals surface area (Å²) < 4.78 is 31.9. The van der Waals surface area contributed by atoms with Gasteiger partial charge in [-0.05, 0) is 23.8 Å². The van der Waals surface area contributed by atoms with Crippen molar-refractivity contribution in [3.8, 4) is 0 Å². The van der Waals surface area contributed by atoms with Gasteiger partial charge in [0.05, 0.1) is 18.7 Å². The lowest BCUT2D eigenvalue weighted by Crippen LogP contribution is -2.51. The van der Waals surface area contributed by atoms with Gasteiger partial charge >= 0.3 is 0 Å². The first-order chi connectivity index (χ1) is 14.9. The van der Waals surface area contributed by atoms with Gasteiger partial charge < -0.3 is 14.2 Å². The maximum absolute atomic E-state index is 12.9. The Morgan fingerprint density at radius 3 is 2.48 bits per heavy atom. The average molecular weight is 444 g/mol. The number of sulfonamides is 1. The van der Waals surface area contributed by atoms with Crippen molar-refractivity contribution in [2.24, 2.45) is 5.92 Å². The molecule has 4 rings (SSSR count). The Kier molecular flexibility index (Phi) is 6.24. The summed E-state index contributed by atoms with van der Waals surface area (Å²) in [6.45, 7) is 1.83. The number of hydrogen-bond donors (Lipinski definition) is 0. The minimum Gasteiger partial charge on any atom is -0.467 e. The molecule has 2 amide bonds. The molecule has 0 saturated carbocycles. The molecule has 2 fully saturated rings. The highest BCUT2D eigenvalue weighted by atomic mass is 32.2. The largest absolute Gasteiger partial charge is 0.467 e. The summed E-state index contributed by atoms with van der Waals surface area (Å²) in [4.78, 5) is 28.5. The fraction of sp³-hybridized carbons (Fsp3) is 0.364. The Labute approximate surface area is 181 Å². The standard InChI is InChI=1S/C22H25N3O5S/c26-21-15-19(16-24(21)17-20-7-4-13-30-20)22(27)23-9-11-25(12-10-23)31(28,29)14-8-18-5-2-1-3-6-18/h1-8,13-14,19H,9-12,15-17H2/b14-8+. The van der Waals surface area contributed by atoms with Crippen molar-refractivity contribution in [3.05, 3.63) is 65.5 Å². The molecule has 0 radical (unpaired) electrons. The number of carbonyl (C=O) groups excluding carboxylic acids is 2. The fourth-order valence-electron chi connectivity index (χ4n) is 3.92. The third-order valence-corrected chi connectivity index (χ3v) is 7.20. The number of benzene rings is 1. The minimum atomic E-state index is -3.55. The van der Waals surface area contributed by atoms with Gasteiger partial charge in [-0.1, -0.05) is 30.3 Å². The Hall–Kier alpha value is -2.91. The van der Waals surface area contributed by atoms with Crippen molar-refractivity contribution in [1.82, 2.24) is 14.1 Å². The number of hydrogen-bond acceptors (Lipinski definition) is 5. The van der Waals surface area contributed by atoms with Crippen LogP contribution in [-0.4, -0.2) is 67.1 Å². The van der Waals surface area contributed by atoms with Crippen LogP contribution in [0.15, 0.2) is 58.6 Å². The van der Waals surface area contributed by atoms with Gasteiger partial charge in [-0.15, -0.1) is 0 Å². The average Bonchev–Trinajstić information content (AvgIpc) is 3.43. The lowest BCUT2D eigenvalue weighted by atomic mass is 10.1. The summed E-state index contributed by atoms with van der Waals surface area (Å²) in [5.74, 6) is 0.126. The number of rotatable bonds is 6. The molecule has 2 saturated heterocycles. The van der Waals surface area contributed by atoms with Crippen LogP contribution in [0.5, 0.6) is 0 Å². The zero-order chi connectivity index (χ0) is 21.8. The van der Waals surface area contributed by atoms with Gasteiger partial charge in [0, 0.05) is 44.6 Å². The quantitative estimate of drug-likeness (QED) is 0.679. The molecule has 2 aliphatic rings. The summed E-state index contributed by atoms with van der Waals surface area (Å²) in [6, 6.07) is 12.8. The van der Waals surface area contributed by atoms with Crippen LogP contribution in [0.2, 0.25) is 0 Å². The van der Waals surface area contributed by atoms with Crippen LogP contribution >= 0.6 is 0 Å². The Morgan fingerprint density at radius 1 is 1.06 bits per heavy atom. The van der Waals surface area contributed by atoms with E-state index in [2.05, 4.69) is 0 Å². The van der Waals surface area contributed by atoms with Crippen molar-refractivity contribution in [3.63, 3.8) is 0 Å². The van der Waals surface area contributed by atoms with E-state index >= 15 is 0 Å². The third kappa shape index (κ3) is 5.05. The second-order valence-corrected chi connectivity index (χ2v) is 9.56. The van der Waals surface area contributed by atoms with Gasteiger partial charge in [0.25, 0.3) is 0 Å². The topological polar surface area (TPSA) is 91.1 Å². The fourth-order valence-corrected chi connectivity index (χ4v) is 5.09. The smallest absolute Gasteiger partial charge is 0.236 e. The summed E-state index contributed by atoms with van der Waals surface area (Å²) in [5, 5.41) is 1.21. The number of amides is 2. The second-order valence-electron chi connectivity index (χ2n) is 7.74. The molecule has 0 aliphatic carbocycles. The van der Waals surface area contributed by atoms with E-state index in [1.807, 2.05) is 30.3 Å². The number of piperazine rings is 1. The zero-order valence-corrected chi connectivity index (χ0v) is 17.9. The highest BCUT2D eigenvalue weighted by Crippen LogP contribution is 2.23. The predicted octanol–water partition coefficient (Wildman–Crippen LogP) is 1.77. The van der Waals surface area contributed by atoms with E-state index in [0.717, 1.165) is 5.56 Å². The third-order valence-electron chi connectivity index (χ3n) is 5.63. The molecular formula is C22H25N3O5S. The number of nitrogens with zero attached hydrogens (tertiary/aromatic N) is 3. The first-order valence-electron chi connectivity index (χ1n) is 10.2. The molecule has 9 heteroatoms. The highest BCUT2D eigenvalue weighted by molar-refractivity contribution is 7.92. The summed E-state index contributed by atoms with van der Waals surface area (Å²) in [7, 11) is -3.55. The molecule has 0 bridgehead atoms. The van der Waals surface area contributed by atoms with Crippen LogP contribution in [0.1, 0.15) is 17.7 Å². The molecule has 31 heavy (non-hydrogen) atoms. The van der Waals surface area contributed by atoms with E-state index in [9.17, 15) is 18.0 Å². The van der Waals surface area contributed by atoms with Gasteiger partial charge in [0.2, 0.25) is 21.8 Å². The summed E-state index contributed by atoms with van der Waals surface area (Å²) in [6.07, 6.45) is 3.31. The maximum Gasteiger partial charge on any atom is 0.236 e. The van der Waals surface area contributed by atoms with Crippen molar-refractivity contribution >= 4 is 27.9 Å². The molecule has 2 aliphatic heterocycles. The molecule has 1 aromatic carbocycles. The lowest BCUT2D eigenvalue weighted by Gasteiger charge is -2.34. The summed E-state index contributed by atoms with van der Waals surface area (Å²) >= 11 is 0. The molecule has 1 atom stereocenters. The summed E-state index contributed by atoms with van der Waals surface area (Å²) in [5.41, 5.74) is 0.810. The second kappa shape index (κ2) is 9.07. The van der Waals surface area contributed by atoms with Gasteiger partial charge in [-0.2, -0.15) is 4.31 Å². The van der Waals surface area contributed by atoms with Crippen LogP contribution in [-0.2, 0) is 26.2 Å². The van der Waals surface area contributed by atoms with E-state index < -0.39 is 15.9 Å². The molecular weight excluding hydrogens is 418 g/mol. The predicted molar refractivity (Wildman–Crippen MR) is 115 cm³/mol. The van der Waals surface area contributed by atoms with Gasteiger partial charge in [-0.3, -0.25) is 9.59 Å². The van der Waals surface area contributed by atoms with Crippen molar-refractivity contribution < 1.29 is 22.4 Å². The zero-order valence-electron chi connectivity index (χ0n) is 17.1. The van der Waals surface area contributed by atoms with Crippen LogP contribution in [0.4, 0.5) is 0 Å². The SMILES string of the molecule is O=C1CC(C(=O)N2CCN(S(=O)(=O)/C=C/c3ccccc3)CC2)CN1Cc1ccco1. The van der Waals surface area contributed by atoms with E-state index in [-0.39, 0.29) is 31.3 Å². The number of carbonyl (C=O) groups is 2. The van der Waals surface area contributed by atoms with Gasteiger partial charge in [0.1, 0.15) is 5.76 Å². The van der Waals surface area contributed by atoms with Gasteiger partial charge in [0.15, 0.2) is 0 Å². The van der Waals surface area contributed by atoms with E-state index in [1.165, 1.54) is 9.71 Å². The molecule has 2 aromatic rings. The van der Waals surface area contributed by atoms with Crippen molar-refractivity contribution in [1.29, 1.82) is 0 Å². The van der Waals surface area contributed by atoms with Crippen LogP contribution in [0.3, 0.4) is 0 Å². The minimum absolute atomic E-state index is 0.0676. The van der Waals surface area contributed by atoms with E-state index in [1.54, 1.807) is 34.3 Å². The molecule has 3 heterocycles. The van der Waals surface area contributed by atoms with E-state index in [4.69, 9.17) is 4.42 Å². The van der Waals surface area contributed by atoms with Crippen molar-refractivity contribution in [2.45, 2.75) is 13.0 Å². The van der Waals surface area contributed by atoms with Crippen LogP contribution in [0, 0.1) is 5.92 Å². The molecule has 8 nitrogen and oxygen atoms in total. The lowest BCUT2D eigenvalue weighted by molar-refractivity contribution is -0.137. The normalized spacial score (nSPS) is 20.6.